The quantitative estimate of drug-likeness (QED) is 0.644. The number of rotatable bonds is 10. The maximum atomic E-state index is 12.2. The molecule has 7 nitrogen and oxygen atoms in total. The lowest BCUT2D eigenvalue weighted by Gasteiger charge is -2.23. The molecular formula is C17H29N5O2. The fraction of sp³-hybridized carbons (Fsp3) is 0.588. The Hall–Kier alpha value is -1.99. The molecule has 7 heteroatoms. The normalized spacial score (nSPS) is 10.7. The minimum absolute atomic E-state index is 0.0687. The second-order valence-corrected chi connectivity index (χ2v) is 5.78. The van der Waals surface area contributed by atoms with E-state index in [2.05, 4.69) is 20.5 Å². The summed E-state index contributed by atoms with van der Waals surface area (Å²) in [6, 6.07) is 3.42. The van der Waals surface area contributed by atoms with Crippen LogP contribution >= 0.6 is 0 Å². The molecule has 0 aliphatic carbocycles. The van der Waals surface area contributed by atoms with Gasteiger partial charge in [0.15, 0.2) is 0 Å². The van der Waals surface area contributed by atoms with E-state index < -0.39 is 0 Å². The molecule has 0 aliphatic heterocycles. The maximum absolute atomic E-state index is 12.2. The van der Waals surface area contributed by atoms with E-state index in [1.165, 1.54) is 0 Å². The third kappa shape index (κ3) is 7.06. The van der Waals surface area contributed by atoms with Crippen molar-refractivity contribution in [3.05, 3.63) is 29.6 Å². The van der Waals surface area contributed by atoms with Gasteiger partial charge in [0, 0.05) is 44.5 Å². The third-order valence-electron chi connectivity index (χ3n) is 3.55. The van der Waals surface area contributed by atoms with Crippen molar-refractivity contribution in [1.29, 1.82) is 0 Å². The van der Waals surface area contributed by atoms with Crippen molar-refractivity contribution in [3.8, 4) is 0 Å². The van der Waals surface area contributed by atoms with Crippen molar-refractivity contribution >= 4 is 11.8 Å². The smallest absolute Gasteiger partial charge is 0.251 e. The van der Waals surface area contributed by atoms with Gasteiger partial charge in [-0.3, -0.25) is 14.6 Å². The Morgan fingerprint density at radius 2 is 1.96 bits per heavy atom. The molecule has 1 aromatic rings. The molecule has 2 amide bonds. The van der Waals surface area contributed by atoms with E-state index in [0.717, 1.165) is 18.8 Å². The largest absolute Gasteiger partial charge is 0.352 e. The molecule has 0 atom stereocenters. The Bertz CT molecular complexity index is 533. The van der Waals surface area contributed by atoms with Gasteiger partial charge < -0.3 is 20.4 Å². The van der Waals surface area contributed by atoms with Crippen molar-refractivity contribution in [2.75, 3.05) is 46.8 Å². The van der Waals surface area contributed by atoms with Gasteiger partial charge in [0.25, 0.3) is 5.91 Å². The molecule has 0 unspecified atom stereocenters. The molecule has 1 heterocycles. The van der Waals surface area contributed by atoms with E-state index in [1.807, 2.05) is 32.8 Å². The number of amides is 2. The van der Waals surface area contributed by atoms with E-state index >= 15 is 0 Å². The van der Waals surface area contributed by atoms with Gasteiger partial charge in [0.05, 0.1) is 12.2 Å². The van der Waals surface area contributed by atoms with Gasteiger partial charge in [-0.2, -0.15) is 0 Å². The van der Waals surface area contributed by atoms with Crippen molar-refractivity contribution in [2.24, 2.45) is 0 Å². The number of hydrogen-bond donors (Lipinski definition) is 2. The van der Waals surface area contributed by atoms with Gasteiger partial charge in [0.1, 0.15) is 0 Å². The van der Waals surface area contributed by atoms with Gasteiger partial charge in [-0.05, 0) is 40.1 Å². The van der Waals surface area contributed by atoms with Gasteiger partial charge in [-0.25, -0.2) is 0 Å². The number of nitrogens with zero attached hydrogens (tertiary/aromatic N) is 3. The van der Waals surface area contributed by atoms with Crippen LogP contribution in [0.4, 0.5) is 0 Å². The Morgan fingerprint density at radius 3 is 2.58 bits per heavy atom. The zero-order valence-corrected chi connectivity index (χ0v) is 15.1. The molecule has 0 radical (unpaired) electrons. The molecule has 0 fully saturated rings. The Labute approximate surface area is 144 Å². The SMILES string of the molecule is CCNC(=O)c1ccnc(CNCC(=O)N(CC)CCN(C)C)c1. The Kier molecular flexibility index (Phi) is 8.96. The first-order valence-corrected chi connectivity index (χ1v) is 8.34. The second kappa shape index (κ2) is 10.7. The summed E-state index contributed by atoms with van der Waals surface area (Å²) in [6.07, 6.45) is 1.61. The fourth-order valence-corrected chi connectivity index (χ4v) is 2.17. The summed E-state index contributed by atoms with van der Waals surface area (Å²) < 4.78 is 0. The van der Waals surface area contributed by atoms with Crippen molar-refractivity contribution in [1.82, 2.24) is 25.4 Å². The van der Waals surface area contributed by atoms with Gasteiger partial charge in [-0.1, -0.05) is 0 Å². The van der Waals surface area contributed by atoms with Crippen LogP contribution in [0.3, 0.4) is 0 Å². The number of pyridine rings is 1. The lowest BCUT2D eigenvalue weighted by Crippen LogP contribution is -2.41. The van der Waals surface area contributed by atoms with E-state index in [1.54, 1.807) is 18.3 Å². The van der Waals surface area contributed by atoms with Crippen LogP contribution in [0.5, 0.6) is 0 Å². The summed E-state index contributed by atoms with van der Waals surface area (Å²) in [5.74, 6) is -0.0442. The number of carbonyl (C=O) groups excluding carboxylic acids is 2. The summed E-state index contributed by atoms with van der Waals surface area (Å²) in [5.41, 5.74) is 1.32. The van der Waals surface area contributed by atoms with Crippen LogP contribution in [0.1, 0.15) is 29.9 Å². The first kappa shape index (κ1) is 20.1. The number of likely N-dealkylation sites (N-methyl/N-ethyl adjacent to an activating group) is 2. The molecule has 134 valence electrons. The minimum atomic E-state index is -0.113. The maximum Gasteiger partial charge on any atom is 0.251 e. The second-order valence-electron chi connectivity index (χ2n) is 5.78. The standard InChI is InChI=1S/C17H29N5O2/c1-5-19-17(24)14-7-8-20-15(11-14)12-18-13-16(23)22(6-2)10-9-21(3)4/h7-8,11,18H,5-6,9-10,12-13H2,1-4H3,(H,19,24). The van der Waals surface area contributed by atoms with Crippen molar-refractivity contribution in [2.45, 2.75) is 20.4 Å². The zero-order chi connectivity index (χ0) is 17.9. The predicted molar refractivity (Wildman–Crippen MR) is 94.8 cm³/mol. The van der Waals surface area contributed by atoms with Crippen LogP contribution in [0, 0.1) is 0 Å². The molecule has 24 heavy (non-hydrogen) atoms. The summed E-state index contributed by atoms with van der Waals surface area (Å²) in [5, 5.41) is 5.86. The molecule has 2 N–H and O–H groups in total. The average molecular weight is 335 g/mol. The number of carbonyl (C=O) groups is 2. The van der Waals surface area contributed by atoms with Crippen molar-refractivity contribution in [3.63, 3.8) is 0 Å². The van der Waals surface area contributed by atoms with Crippen LogP contribution in [0.15, 0.2) is 18.3 Å². The van der Waals surface area contributed by atoms with Crippen LogP contribution in [0.25, 0.3) is 0 Å². The Morgan fingerprint density at radius 1 is 1.21 bits per heavy atom. The topological polar surface area (TPSA) is 77.6 Å². The lowest BCUT2D eigenvalue weighted by atomic mass is 10.2. The van der Waals surface area contributed by atoms with Gasteiger partial charge in [0.2, 0.25) is 5.91 Å². The molecule has 1 rings (SSSR count). The number of hydrogen-bond acceptors (Lipinski definition) is 5. The number of aromatic nitrogens is 1. The molecule has 0 spiro atoms. The molecule has 0 saturated heterocycles. The minimum Gasteiger partial charge on any atom is -0.352 e. The molecule has 0 saturated carbocycles. The highest BCUT2D eigenvalue weighted by Gasteiger charge is 2.11. The first-order valence-electron chi connectivity index (χ1n) is 8.34. The third-order valence-corrected chi connectivity index (χ3v) is 3.55. The van der Waals surface area contributed by atoms with Crippen LogP contribution < -0.4 is 10.6 Å². The van der Waals surface area contributed by atoms with Gasteiger partial charge >= 0.3 is 0 Å². The average Bonchev–Trinajstić information content (AvgIpc) is 2.55. The molecular weight excluding hydrogens is 306 g/mol. The lowest BCUT2D eigenvalue weighted by molar-refractivity contribution is -0.130. The summed E-state index contributed by atoms with van der Waals surface area (Å²) in [6.45, 7) is 7.40. The summed E-state index contributed by atoms with van der Waals surface area (Å²) in [4.78, 5) is 32.1. The highest BCUT2D eigenvalue weighted by Crippen LogP contribution is 2.02. The summed E-state index contributed by atoms with van der Waals surface area (Å²) in [7, 11) is 3.98. The molecule has 0 aromatic carbocycles. The predicted octanol–water partition coefficient (Wildman–Crippen LogP) is 0.331. The van der Waals surface area contributed by atoms with Gasteiger partial charge in [-0.15, -0.1) is 0 Å². The van der Waals surface area contributed by atoms with E-state index in [9.17, 15) is 9.59 Å². The monoisotopic (exact) mass is 335 g/mol. The number of nitrogens with one attached hydrogen (secondary N) is 2. The van der Waals surface area contributed by atoms with E-state index in [4.69, 9.17) is 0 Å². The summed E-state index contributed by atoms with van der Waals surface area (Å²) >= 11 is 0. The van der Waals surface area contributed by atoms with E-state index in [-0.39, 0.29) is 18.4 Å². The van der Waals surface area contributed by atoms with Crippen LogP contribution in [0.2, 0.25) is 0 Å². The van der Waals surface area contributed by atoms with Crippen LogP contribution in [-0.2, 0) is 11.3 Å². The Balaban J connectivity index is 2.47. The molecule has 0 bridgehead atoms. The molecule has 1 aromatic heterocycles. The van der Waals surface area contributed by atoms with Crippen molar-refractivity contribution < 1.29 is 9.59 Å². The van der Waals surface area contributed by atoms with E-state index in [0.29, 0.717) is 25.2 Å². The van der Waals surface area contributed by atoms with Crippen LogP contribution in [-0.4, -0.2) is 73.4 Å². The highest BCUT2D eigenvalue weighted by atomic mass is 16.2. The highest BCUT2D eigenvalue weighted by molar-refractivity contribution is 5.94. The zero-order valence-electron chi connectivity index (χ0n) is 15.1. The fourth-order valence-electron chi connectivity index (χ4n) is 2.17. The molecule has 0 aliphatic rings. The first-order chi connectivity index (χ1) is 11.5.